The summed E-state index contributed by atoms with van der Waals surface area (Å²) in [5, 5.41) is 2.94. The minimum atomic E-state index is -0.366. The van der Waals surface area contributed by atoms with Crippen LogP contribution < -0.4 is 11.1 Å². The Hall–Kier alpha value is -2.15. The summed E-state index contributed by atoms with van der Waals surface area (Å²) in [6, 6.07) is 3.34. The number of piperidine rings is 1. The van der Waals surface area contributed by atoms with Gasteiger partial charge in [0.05, 0.1) is 17.7 Å². The number of nitrogens with zero attached hydrogens (tertiary/aromatic N) is 2. The third-order valence-corrected chi connectivity index (χ3v) is 4.24. The van der Waals surface area contributed by atoms with Crippen LogP contribution in [-0.4, -0.2) is 54.5 Å². The zero-order valence-corrected chi connectivity index (χ0v) is 13.6. The third-order valence-electron chi connectivity index (χ3n) is 4.24. The van der Waals surface area contributed by atoms with Gasteiger partial charge in [0, 0.05) is 33.3 Å². The minimum Gasteiger partial charge on any atom is -0.379 e. The van der Waals surface area contributed by atoms with Gasteiger partial charge in [-0.25, -0.2) is 4.98 Å². The van der Waals surface area contributed by atoms with Crippen LogP contribution in [0.5, 0.6) is 0 Å². The van der Waals surface area contributed by atoms with E-state index < -0.39 is 0 Å². The number of likely N-dealkylation sites (tertiary alicyclic amines) is 1. The summed E-state index contributed by atoms with van der Waals surface area (Å²) in [7, 11) is 3.37. The van der Waals surface area contributed by atoms with Gasteiger partial charge in [0.25, 0.3) is 5.91 Å². The number of nitrogens with one attached hydrogen (secondary N) is 1. The van der Waals surface area contributed by atoms with Crippen LogP contribution in [0.25, 0.3) is 0 Å². The molecule has 7 heteroatoms. The van der Waals surface area contributed by atoms with Crippen molar-refractivity contribution >= 4 is 17.6 Å². The first kappa shape index (κ1) is 17.2. The number of methoxy groups -OCH3 is 1. The van der Waals surface area contributed by atoms with Gasteiger partial charge in [-0.3, -0.25) is 9.59 Å². The maximum Gasteiger partial charge on any atom is 0.257 e. The molecule has 0 radical (unpaired) electrons. The van der Waals surface area contributed by atoms with Crippen molar-refractivity contribution in [3.63, 3.8) is 0 Å². The van der Waals surface area contributed by atoms with Crippen LogP contribution in [0.3, 0.4) is 0 Å². The second kappa shape index (κ2) is 7.92. The van der Waals surface area contributed by atoms with Crippen molar-refractivity contribution in [1.29, 1.82) is 0 Å². The average Bonchev–Trinajstić information content (AvgIpc) is 2.58. The number of amides is 2. The number of aromatic nitrogens is 1. The Kier molecular flexibility index (Phi) is 5.92. The largest absolute Gasteiger partial charge is 0.379 e. The number of pyridine rings is 1. The number of rotatable bonds is 6. The second-order valence-electron chi connectivity index (χ2n) is 5.64. The van der Waals surface area contributed by atoms with E-state index in [4.69, 9.17) is 10.5 Å². The molecule has 3 N–H and O–H groups in total. The third kappa shape index (κ3) is 3.98. The first-order chi connectivity index (χ1) is 11.1. The molecule has 2 rings (SSSR count). The lowest BCUT2D eigenvalue weighted by Crippen LogP contribution is -2.52. The van der Waals surface area contributed by atoms with Crippen molar-refractivity contribution in [2.75, 3.05) is 26.0 Å². The minimum absolute atomic E-state index is 0.0817. The number of hydrogen-bond acceptors (Lipinski definition) is 5. The van der Waals surface area contributed by atoms with Crippen LogP contribution in [0, 0.1) is 0 Å². The number of nitrogens with two attached hydrogens (primary N) is 1. The number of primary amides is 1. The molecular formula is C16H24N4O3. The van der Waals surface area contributed by atoms with Gasteiger partial charge in [0.1, 0.15) is 5.82 Å². The van der Waals surface area contributed by atoms with Crippen LogP contribution in [-0.2, 0) is 9.53 Å². The molecule has 1 saturated heterocycles. The lowest BCUT2D eigenvalue weighted by molar-refractivity contribution is -0.118. The molecule has 23 heavy (non-hydrogen) atoms. The van der Waals surface area contributed by atoms with Crippen LogP contribution in [0.4, 0.5) is 5.82 Å². The number of ether oxygens (including phenoxy) is 1. The van der Waals surface area contributed by atoms with Crippen molar-refractivity contribution in [3.8, 4) is 0 Å². The molecule has 0 aromatic carbocycles. The average molecular weight is 320 g/mol. The fraction of sp³-hybridized carbons (Fsp3) is 0.562. The van der Waals surface area contributed by atoms with E-state index in [2.05, 4.69) is 10.3 Å². The van der Waals surface area contributed by atoms with Gasteiger partial charge in [-0.1, -0.05) is 0 Å². The van der Waals surface area contributed by atoms with E-state index >= 15 is 0 Å². The lowest BCUT2D eigenvalue weighted by Gasteiger charge is -2.40. The van der Waals surface area contributed by atoms with Gasteiger partial charge in [0.15, 0.2) is 0 Å². The fourth-order valence-electron chi connectivity index (χ4n) is 3.11. The van der Waals surface area contributed by atoms with Gasteiger partial charge in [0.2, 0.25) is 5.91 Å². The van der Waals surface area contributed by atoms with E-state index in [1.807, 2.05) is 0 Å². The van der Waals surface area contributed by atoms with Crippen LogP contribution in [0.1, 0.15) is 36.0 Å². The predicted molar refractivity (Wildman–Crippen MR) is 87.1 cm³/mol. The molecule has 2 atom stereocenters. The Morgan fingerprint density at radius 1 is 1.52 bits per heavy atom. The first-order valence-corrected chi connectivity index (χ1v) is 7.83. The summed E-state index contributed by atoms with van der Waals surface area (Å²) >= 11 is 0. The molecule has 1 aromatic heterocycles. The number of anilines is 1. The monoisotopic (exact) mass is 320 g/mol. The van der Waals surface area contributed by atoms with Gasteiger partial charge in [-0.2, -0.15) is 0 Å². The van der Waals surface area contributed by atoms with Crippen molar-refractivity contribution < 1.29 is 14.3 Å². The smallest absolute Gasteiger partial charge is 0.257 e. The SMILES string of the molecule is CNc1ncccc1C(=O)N1CCC[C@H](OC)[C@@H]1CCC(N)=O. The van der Waals surface area contributed by atoms with Crippen molar-refractivity contribution in [1.82, 2.24) is 9.88 Å². The number of hydrogen-bond donors (Lipinski definition) is 2. The van der Waals surface area contributed by atoms with Crippen molar-refractivity contribution in [2.24, 2.45) is 5.73 Å². The van der Waals surface area contributed by atoms with E-state index in [1.54, 1.807) is 37.4 Å². The Morgan fingerprint density at radius 2 is 2.30 bits per heavy atom. The zero-order valence-electron chi connectivity index (χ0n) is 13.6. The summed E-state index contributed by atoms with van der Waals surface area (Å²) in [5.41, 5.74) is 5.80. The molecular weight excluding hydrogens is 296 g/mol. The fourth-order valence-corrected chi connectivity index (χ4v) is 3.11. The normalized spacial score (nSPS) is 21.0. The van der Waals surface area contributed by atoms with Crippen molar-refractivity contribution in [2.45, 2.75) is 37.8 Å². The van der Waals surface area contributed by atoms with Gasteiger partial charge >= 0.3 is 0 Å². The molecule has 7 nitrogen and oxygen atoms in total. The van der Waals surface area contributed by atoms with E-state index in [9.17, 15) is 9.59 Å². The van der Waals surface area contributed by atoms with Gasteiger partial charge in [-0.15, -0.1) is 0 Å². The molecule has 0 spiro atoms. The molecule has 0 unspecified atom stereocenters. The zero-order chi connectivity index (χ0) is 16.8. The molecule has 0 saturated carbocycles. The molecule has 126 valence electrons. The van der Waals surface area contributed by atoms with Crippen LogP contribution in [0.2, 0.25) is 0 Å². The highest BCUT2D eigenvalue weighted by Gasteiger charge is 2.35. The molecule has 1 fully saturated rings. The molecule has 1 aliphatic rings. The number of carbonyl (C=O) groups excluding carboxylic acids is 2. The van der Waals surface area contributed by atoms with E-state index in [-0.39, 0.29) is 30.4 Å². The molecule has 0 bridgehead atoms. The van der Waals surface area contributed by atoms with Crippen molar-refractivity contribution in [3.05, 3.63) is 23.9 Å². The highest BCUT2D eigenvalue weighted by molar-refractivity contribution is 5.99. The molecule has 1 aliphatic heterocycles. The Morgan fingerprint density at radius 3 is 2.96 bits per heavy atom. The molecule has 1 aromatic rings. The summed E-state index contributed by atoms with van der Waals surface area (Å²) in [6.45, 7) is 0.639. The first-order valence-electron chi connectivity index (χ1n) is 7.83. The molecule has 2 amide bonds. The molecule has 2 heterocycles. The maximum absolute atomic E-state index is 13.0. The summed E-state index contributed by atoms with van der Waals surface area (Å²) in [6.07, 6.45) is 4.04. The topological polar surface area (TPSA) is 97.6 Å². The standard InChI is InChI=1S/C16H24N4O3/c1-18-15-11(5-3-9-19-15)16(22)20-10-4-6-13(23-2)12(20)7-8-14(17)21/h3,5,9,12-13H,4,6-8,10H2,1-2H3,(H2,17,21)(H,18,19)/t12-,13-/m0/s1. The van der Waals surface area contributed by atoms with E-state index in [0.29, 0.717) is 24.3 Å². The second-order valence-corrected chi connectivity index (χ2v) is 5.64. The maximum atomic E-state index is 13.0. The van der Waals surface area contributed by atoms with E-state index in [1.165, 1.54) is 0 Å². The number of carbonyl (C=O) groups is 2. The van der Waals surface area contributed by atoms with Crippen LogP contribution in [0.15, 0.2) is 18.3 Å². The summed E-state index contributed by atoms with van der Waals surface area (Å²) < 4.78 is 5.53. The Bertz CT molecular complexity index is 564. The highest BCUT2D eigenvalue weighted by atomic mass is 16.5. The predicted octanol–water partition coefficient (Wildman–Crippen LogP) is 1.01. The molecule has 0 aliphatic carbocycles. The lowest BCUT2D eigenvalue weighted by atomic mass is 9.93. The van der Waals surface area contributed by atoms with E-state index in [0.717, 1.165) is 12.8 Å². The Labute approximate surface area is 136 Å². The van der Waals surface area contributed by atoms with Gasteiger partial charge in [-0.05, 0) is 31.4 Å². The van der Waals surface area contributed by atoms with Gasteiger partial charge < -0.3 is 20.7 Å². The summed E-state index contributed by atoms with van der Waals surface area (Å²) in [4.78, 5) is 30.1. The Balaban J connectivity index is 2.25. The van der Waals surface area contributed by atoms with Crippen LogP contribution >= 0.6 is 0 Å². The quantitative estimate of drug-likeness (QED) is 0.815. The summed E-state index contributed by atoms with van der Waals surface area (Å²) in [5.74, 6) is 0.0829. The highest BCUT2D eigenvalue weighted by Crippen LogP contribution is 2.26.